The van der Waals surface area contributed by atoms with Crippen molar-refractivity contribution in [2.24, 2.45) is 0 Å². The Morgan fingerprint density at radius 2 is 0.960 bits per heavy atom. The second-order valence-corrected chi connectivity index (χ2v) is 11.8. The van der Waals surface area contributed by atoms with E-state index in [4.69, 9.17) is 17.2 Å². The van der Waals surface area contributed by atoms with Gasteiger partial charge in [0.05, 0.1) is 0 Å². The van der Waals surface area contributed by atoms with Crippen LogP contribution in [0.25, 0.3) is 17.2 Å². The van der Waals surface area contributed by atoms with Crippen LogP contribution in [0.2, 0.25) is 19.6 Å². The molecule has 0 radical (unpaired) electrons. The fourth-order valence-corrected chi connectivity index (χ4v) is 2.60. The molecule has 0 atom stereocenters. The average Bonchev–Trinajstić information content (AvgIpc) is 3.06. The molecule has 0 unspecified atom stereocenters. The van der Waals surface area contributed by atoms with Gasteiger partial charge >= 0.3 is 26.2 Å². The van der Waals surface area contributed by atoms with Crippen molar-refractivity contribution in [1.29, 1.82) is 0 Å². The summed E-state index contributed by atoms with van der Waals surface area (Å²) in [4.78, 5) is 0. The van der Waals surface area contributed by atoms with Crippen LogP contribution in [0.1, 0.15) is 59.3 Å². The summed E-state index contributed by atoms with van der Waals surface area (Å²) in [7, 11) is -0.981. The molecular formula is C20H43N3SiZr. The number of nitrogens with one attached hydrogen (secondary N) is 3. The second kappa shape index (κ2) is 26.6. The first kappa shape index (κ1) is 33.0. The molecule has 0 bridgehead atoms. The maximum absolute atomic E-state index is 6.60. The maximum Gasteiger partial charge on any atom is 4.00 e. The Labute approximate surface area is 179 Å². The summed E-state index contributed by atoms with van der Waals surface area (Å²) >= 11 is 0. The third kappa shape index (κ3) is 32.5. The molecule has 0 aliphatic rings. The van der Waals surface area contributed by atoms with E-state index in [0.717, 1.165) is 38.5 Å². The van der Waals surface area contributed by atoms with Crippen LogP contribution >= 0.6 is 0 Å². The van der Waals surface area contributed by atoms with Gasteiger partial charge in [0, 0.05) is 8.07 Å². The minimum absolute atomic E-state index is 0. The zero-order chi connectivity index (χ0) is 19.3. The van der Waals surface area contributed by atoms with Gasteiger partial charge in [-0.05, 0) is 0 Å². The van der Waals surface area contributed by atoms with Crippen molar-refractivity contribution in [2.75, 3.05) is 19.6 Å². The van der Waals surface area contributed by atoms with Gasteiger partial charge in [-0.1, -0.05) is 78.9 Å². The van der Waals surface area contributed by atoms with Crippen LogP contribution in [0.5, 0.6) is 0 Å². The largest absolute Gasteiger partial charge is 4.00 e. The van der Waals surface area contributed by atoms with Crippen LogP contribution in [0.15, 0.2) is 24.3 Å². The summed E-state index contributed by atoms with van der Waals surface area (Å²) in [5.74, 6) is 0. The zero-order valence-corrected chi connectivity index (χ0v) is 21.1. The molecule has 0 saturated carbocycles. The Morgan fingerprint density at radius 1 is 0.680 bits per heavy atom. The van der Waals surface area contributed by atoms with Crippen LogP contribution < -0.4 is 5.19 Å². The number of rotatable bonds is 7. The smallest absolute Gasteiger partial charge is 0.677 e. The molecule has 0 aliphatic heterocycles. The Hall–Kier alpha value is 0.330. The molecule has 3 N–H and O–H groups in total. The van der Waals surface area contributed by atoms with Crippen molar-refractivity contribution >= 4 is 13.3 Å². The maximum atomic E-state index is 6.60. The van der Waals surface area contributed by atoms with Crippen LogP contribution in [-0.2, 0) is 26.2 Å². The fraction of sp³-hybridized carbons (Fsp3) is 0.750. The van der Waals surface area contributed by atoms with Gasteiger partial charge in [-0.25, -0.2) is 12.1 Å². The standard InChI is InChI=1S/C8H13Si.3C4H10N.Zr/c1-9(2,3)8-6-4-5-7-8;3*1-2-3-4-5;/h4-7H,1-3H3;3*5H,2-4H2,1H3;/q4*-1;+4. The van der Waals surface area contributed by atoms with Gasteiger partial charge in [0.25, 0.3) is 0 Å². The van der Waals surface area contributed by atoms with Gasteiger partial charge in [0.1, 0.15) is 0 Å². The van der Waals surface area contributed by atoms with Crippen molar-refractivity contribution in [1.82, 2.24) is 0 Å². The molecule has 0 aromatic heterocycles. The van der Waals surface area contributed by atoms with Crippen LogP contribution in [-0.4, -0.2) is 27.7 Å². The summed E-state index contributed by atoms with van der Waals surface area (Å²) in [5.41, 5.74) is 19.8. The molecule has 5 heteroatoms. The van der Waals surface area contributed by atoms with Crippen LogP contribution in [0.4, 0.5) is 0 Å². The van der Waals surface area contributed by atoms with E-state index in [1.165, 1.54) is 0 Å². The Balaban J connectivity index is -0.000000122. The van der Waals surface area contributed by atoms with Crippen molar-refractivity contribution in [3.05, 3.63) is 41.5 Å². The molecule has 146 valence electrons. The predicted molar refractivity (Wildman–Crippen MR) is 117 cm³/mol. The molecule has 3 nitrogen and oxygen atoms in total. The van der Waals surface area contributed by atoms with Gasteiger partial charge in [-0.2, -0.15) is 37.0 Å². The molecule has 0 amide bonds. The molecule has 0 spiro atoms. The van der Waals surface area contributed by atoms with E-state index in [-0.39, 0.29) is 26.2 Å². The first-order valence-corrected chi connectivity index (χ1v) is 13.0. The SMILES string of the molecule is CCCC[NH-].CCCC[NH-].CCCC[NH-].C[Si](C)(C)[c-]1cccc1.[Zr+4]. The van der Waals surface area contributed by atoms with Crippen LogP contribution in [0.3, 0.4) is 0 Å². The minimum Gasteiger partial charge on any atom is -0.677 e. The molecule has 1 rings (SSSR count). The molecule has 0 aliphatic carbocycles. The third-order valence-electron chi connectivity index (χ3n) is 3.12. The van der Waals surface area contributed by atoms with E-state index in [0.29, 0.717) is 19.6 Å². The first-order chi connectivity index (χ1) is 11.3. The Kier molecular flexibility index (Phi) is 35.0. The summed E-state index contributed by atoms with van der Waals surface area (Å²) < 4.78 is 0. The summed E-state index contributed by atoms with van der Waals surface area (Å²) in [6.45, 7) is 15.1. The molecule has 25 heavy (non-hydrogen) atoms. The van der Waals surface area contributed by atoms with Gasteiger partial charge in [-0.15, -0.1) is 0 Å². The van der Waals surface area contributed by atoms with Crippen molar-refractivity contribution in [3.63, 3.8) is 0 Å². The van der Waals surface area contributed by atoms with E-state index in [1.54, 1.807) is 5.19 Å². The molecule has 0 fully saturated rings. The van der Waals surface area contributed by atoms with E-state index >= 15 is 0 Å². The molecule has 0 saturated heterocycles. The normalized spacial score (nSPS) is 9.32. The van der Waals surface area contributed by atoms with E-state index in [2.05, 4.69) is 64.7 Å². The number of hydrogen-bond acceptors (Lipinski definition) is 0. The average molecular weight is 445 g/mol. The predicted octanol–water partition coefficient (Wildman–Crippen LogP) is 7.46. The van der Waals surface area contributed by atoms with Crippen molar-refractivity contribution < 1.29 is 26.2 Å². The quantitative estimate of drug-likeness (QED) is 0.309. The van der Waals surface area contributed by atoms with Crippen molar-refractivity contribution in [2.45, 2.75) is 78.9 Å². The summed E-state index contributed by atoms with van der Waals surface area (Å²) in [5, 5.41) is 1.56. The monoisotopic (exact) mass is 443 g/mol. The van der Waals surface area contributed by atoms with Crippen LogP contribution in [0, 0.1) is 0 Å². The number of hydrogen-bond donors (Lipinski definition) is 0. The summed E-state index contributed by atoms with van der Waals surface area (Å²) in [6.07, 6.45) is 6.64. The van der Waals surface area contributed by atoms with E-state index in [9.17, 15) is 0 Å². The van der Waals surface area contributed by atoms with Crippen molar-refractivity contribution in [3.8, 4) is 0 Å². The van der Waals surface area contributed by atoms with Gasteiger partial charge < -0.3 is 17.2 Å². The second-order valence-electron chi connectivity index (χ2n) is 6.73. The fourth-order valence-electron chi connectivity index (χ4n) is 1.40. The molecule has 1 aromatic carbocycles. The van der Waals surface area contributed by atoms with E-state index in [1.807, 2.05) is 0 Å². The molecule has 1 aromatic rings. The van der Waals surface area contributed by atoms with Gasteiger partial charge in [0.2, 0.25) is 0 Å². The Morgan fingerprint density at radius 3 is 1.04 bits per heavy atom. The van der Waals surface area contributed by atoms with Gasteiger partial charge in [0.15, 0.2) is 0 Å². The van der Waals surface area contributed by atoms with E-state index < -0.39 is 8.07 Å². The van der Waals surface area contributed by atoms with Gasteiger partial charge in [-0.3, -0.25) is 0 Å². The molecular weight excluding hydrogens is 402 g/mol. The molecule has 0 heterocycles. The summed E-state index contributed by atoms with van der Waals surface area (Å²) in [6, 6.07) is 8.69. The first-order valence-electron chi connectivity index (χ1n) is 9.51. The number of unbranched alkanes of at least 4 members (excludes halogenated alkanes) is 3. The zero-order valence-electron chi connectivity index (χ0n) is 17.7. The Bertz CT molecular complexity index is 278. The minimum atomic E-state index is -0.981. The third-order valence-corrected chi connectivity index (χ3v) is 5.19. The topological polar surface area (TPSA) is 71.4 Å².